The molecule has 98 valence electrons. The molecule has 2 fully saturated rings. The molecular weight excluding hydrogens is 216 g/mol. The number of carbonyl (C=O) groups is 1. The van der Waals surface area contributed by atoms with Crippen LogP contribution >= 0.6 is 0 Å². The molecule has 1 saturated heterocycles. The van der Waals surface area contributed by atoms with E-state index in [1.807, 2.05) is 11.8 Å². The first-order chi connectivity index (χ1) is 8.18. The standard InChI is InChI=1S/C13H24N2O2/c1-10-9-15(7-8-17-10)13(16)11-5-3-2-4-6-12(11)14/h10-12H,2-9,14H2,1H3. The average Bonchev–Trinajstić information content (AvgIpc) is 2.53. The Hall–Kier alpha value is -0.610. The van der Waals surface area contributed by atoms with Crippen LogP contribution in [0.15, 0.2) is 0 Å². The van der Waals surface area contributed by atoms with Gasteiger partial charge in [0.1, 0.15) is 0 Å². The van der Waals surface area contributed by atoms with Gasteiger partial charge in [-0.05, 0) is 19.8 Å². The van der Waals surface area contributed by atoms with E-state index in [-0.39, 0.29) is 24.0 Å². The highest BCUT2D eigenvalue weighted by atomic mass is 16.5. The van der Waals surface area contributed by atoms with Crippen LogP contribution in [0.3, 0.4) is 0 Å². The average molecular weight is 240 g/mol. The highest BCUT2D eigenvalue weighted by Gasteiger charge is 2.32. The number of ether oxygens (including phenoxy) is 1. The van der Waals surface area contributed by atoms with E-state index in [9.17, 15) is 4.79 Å². The second-order valence-corrected chi connectivity index (χ2v) is 5.37. The van der Waals surface area contributed by atoms with Crippen LogP contribution in [-0.2, 0) is 9.53 Å². The van der Waals surface area contributed by atoms with Crippen molar-refractivity contribution in [1.29, 1.82) is 0 Å². The smallest absolute Gasteiger partial charge is 0.227 e. The number of carbonyl (C=O) groups excluding carboxylic acids is 1. The number of nitrogens with zero attached hydrogens (tertiary/aromatic N) is 1. The molecule has 1 amide bonds. The second kappa shape index (κ2) is 5.83. The van der Waals surface area contributed by atoms with Crippen molar-refractivity contribution in [3.63, 3.8) is 0 Å². The first-order valence-electron chi connectivity index (χ1n) is 6.84. The third-order valence-corrected chi connectivity index (χ3v) is 3.94. The molecule has 3 atom stereocenters. The summed E-state index contributed by atoms with van der Waals surface area (Å²) in [4.78, 5) is 14.4. The van der Waals surface area contributed by atoms with Gasteiger partial charge in [-0.3, -0.25) is 4.79 Å². The Morgan fingerprint density at radius 2 is 2.06 bits per heavy atom. The van der Waals surface area contributed by atoms with E-state index < -0.39 is 0 Å². The topological polar surface area (TPSA) is 55.6 Å². The number of morpholine rings is 1. The molecule has 4 nitrogen and oxygen atoms in total. The van der Waals surface area contributed by atoms with Crippen LogP contribution in [0.1, 0.15) is 39.0 Å². The van der Waals surface area contributed by atoms with Crippen molar-refractivity contribution in [3.05, 3.63) is 0 Å². The maximum Gasteiger partial charge on any atom is 0.227 e. The summed E-state index contributed by atoms with van der Waals surface area (Å²) in [6.07, 6.45) is 5.66. The lowest BCUT2D eigenvalue weighted by atomic mass is 9.93. The van der Waals surface area contributed by atoms with Gasteiger partial charge in [0.15, 0.2) is 0 Å². The highest BCUT2D eigenvalue weighted by molar-refractivity contribution is 5.79. The Morgan fingerprint density at radius 3 is 2.82 bits per heavy atom. The first kappa shape index (κ1) is 12.8. The number of hydrogen-bond acceptors (Lipinski definition) is 3. The fourth-order valence-electron chi connectivity index (χ4n) is 2.90. The zero-order valence-corrected chi connectivity index (χ0v) is 10.7. The minimum atomic E-state index is 0.0443. The number of nitrogens with two attached hydrogens (primary N) is 1. The molecule has 0 bridgehead atoms. The molecule has 1 saturated carbocycles. The van der Waals surface area contributed by atoms with Gasteiger partial charge in [0.05, 0.1) is 18.6 Å². The van der Waals surface area contributed by atoms with Gasteiger partial charge in [0.25, 0.3) is 0 Å². The molecule has 0 aromatic rings. The summed E-state index contributed by atoms with van der Waals surface area (Å²) in [5, 5.41) is 0. The van der Waals surface area contributed by atoms with Gasteiger partial charge in [-0.15, -0.1) is 0 Å². The maximum absolute atomic E-state index is 12.5. The second-order valence-electron chi connectivity index (χ2n) is 5.37. The van der Waals surface area contributed by atoms with Gasteiger partial charge in [-0.1, -0.05) is 19.3 Å². The lowest BCUT2D eigenvalue weighted by molar-refractivity contribution is -0.143. The first-order valence-corrected chi connectivity index (χ1v) is 6.84. The zero-order valence-electron chi connectivity index (χ0n) is 10.7. The van der Waals surface area contributed by atoms with E-state index in [0.717, 1.165) is 32.4 Å². The molecular formula is C13H24N2O2. The van der Waals surface area contributed by atoms with Gasteiger partial charge in [0, 0.05) is 19.1 Å². The predicted molar refractivity (Wildman–Crippen MR) is 66.5 cm³/mol. The lowest BCUT2D eigenvalue weighted by Gasteiger charge is -2.34. The summed E-state index contributed by atoms with van der Waals surface area (Å²) in [7, 11) is 0. The van der Waals surface area contributed by atoms with Gasteiger partial charge < -0.3 is 15.4 Å². The summed E-state index contributed by atoms with van der Waals surface area (Å²) < 4.78 is 5.47. The minimum absolute atomic E-state index is 0.0443. The monoisotopic (exact) mass is 240 g/mol. The number of amides is 1. The third kappa shape index (κ3) is 3.19. The van der Waals surface area contributed by atoms with Gasteiger partial charge >= 0.3 is 0 Å². The van der Waals surface area contributed by atoms with Crippen molar-refractivity contribution in [3.8, 4) is 0 Å². The molecule has 4 heteroatoms. The largest absolute Gasteiger partial charge is 0.375 e. The molecule has 17 heavy (non-hydrogen) atoms. The molecule has 2 aliphatic rings. The van der Waals surface area contributed by atoms with Gasteiger partial charge in [0.2, 0.25) is 5.91 Å². The van der Waals surface area contributed by atoms with Crippen LogP contribution in [0.4, 0.5) is 0 Å². The van der Waals surface area contributed by atoms with Crippen molar-refractivity contribution in [2.45, 2.75) is 51.2 Å². The maximum atomic E-state index is 12.5. The fourth-order valence-corrected chi connectivity index (χ4v) is 2.90. The third-order valence-electron chi connectivity index (χ3n) is 3.94. The fraction of sp³-hybridized carbons (Fsp3) is 0.923. The summed E-state index contributed by atoms with van der Waals surface area (Å²) in [5.74, 6) is 0.303. The molecule has 1 aliphatic heterocycles. The molecule has 0 aromatic heterocycles. The van der Waals surface area contributed by atoms with Crippen molar-refractivity contribution >= 4 is 5.91 Å². The van der Waals surface area contributed by atoms with Crippen LogP contribution in [-0.4, -0.2) is 42.6 Å². The van der Waals surface area contributed by atoms with Crippen LogP contribution in [0.5, 0.6) is 0 Å². The van der Waals surface area contributed by atoms with Crippen LogP contribution in [0.25, 0.3) is 0 Å². The van der Waals surface area contributed by atoms with Crippen molar-refractivity contribution in [1.82, 2.24) is 4.90 Å². The van der Waals surface area contributed by atoms with E-state index in [2.05, 4.69) is 0 Å². The SMILES string of the molecule is CC1CN(C(=O)C2CCCCCC2N)CCO1. The Kier molecular flexibility index (Phi) is 4.40. The molecule has 0 aromatic carbocycles. The molecule has 2 rings (SSSR count). The van der Waals surface area contributed by atoms with E-state index in [4.69, 9.17) is 10.5 Å². The van der Waals surface area contributed by atoms with E-state index in [1.165, 1.54) is 12.8 Å². The Morgan fingerprint density at radius 1 is 1.29 bits per heavy atom. The number of hydrogen-bond donors (Lipinski definition) is 1. The Labute approximate surface area is 103 Å². The van der Waals surface area contributed by atoms with Gasteiger partial charge in [-0.25, -0.2) is 0 Å². The predicted octanol–water partition coefficient (Wildman–Crippen LogP) is 1.14. The van der Waals surface area contributed by atoms with Crippen LogP contribution in [0, 0.1) is 5.92 Å². The van der Waals surface area contributed by atoms with Crippen LogP contribution < -0.4 is 5.73 Å². The highest BCUT2D eigenvalue weighted by Crippen LogP contribution is 2.24. The minimum Gasteiger partial charge on any atom is -0.375 e. The van der Waals surface area contributed by atoms with Crippen LogP contribution in [0.2, 0.25) is 0 Å². The van der Waals surface area contributed by atoms with Gasteiger partial charge in [-0.2, -0.15) is 0 Å². The Balaban J connectivity index is 1.97. The van der Waals surface area contributed by atoms with Crippen molar-refractivity contribution in [2.24, 2.45) is 11.7 Å². The van der Waals surface area contributed by atoms with Crippen molar-refractivity contribution in [2.75, 3.05) is 19.7 Å². The van der Waals surface area contributed by atoms with Crippen molar-refractivity contribution < 1.29 is 9.53 Å². The number of rotatable bonds is 1. The zero-order chi connectivity index (χ0) is 12.3. The lowest BCUT2D eigenvalue weighted by Crippen LogP contribution is -2.50. The molecule has 0 spiro atoms. The van der Waals surface area contributed by atoms with E-state index in [0.29, 0.717) is 6.61 Å². The summed E-state index contributed by atoms with van der Waals surface area (Å²) in [6, 6.07) is 0.0585. The quantitative estimate of drug-likeness (QED) is 0.699. The molecule has 3 unspecified atom stereocenters. The molecule has 1 heterocycles. The normalized spacial score (nSPS) is 35.4. The van der Waals surface area contributed by atoms with E-state index in [1.54, 1.807) is 0 Å². The van der Waals surface area contributed by atoms with E-state index >= 15 is 0 Å². The Bertz CT molecular complexity index is 270. The molecule has 2 N–H and O–H groups in total. The summed E-state index contributed by atoms with van der Waals surface area (Å²) >= 11 is 0. The molecule has 0 radical (unpaired) electrons. The summed E-state index contributed by atoms with van der Waals surface area (Å²) in [6.45, 7) is 4.13. The molecule has 1 aliphatic carbocycles. The summed E-state index contributed by atoms with van der Waals surface area (Å²) in [5.41, 5.74) is 6.14.